The van der Waals surface area contributed by atoms with Crippen LogP contribution in [0.25, 0.3) is 0 Å². The summed E-state index contributed by atoms with van der Waals surface area (Å²) in [5.74, 6) is 0.133. The van der Waals surface area contributed by atoms with Crippen molar-refractivity contribution in [1.29, 1.82) is 0 Å². The smallest absolute Gasteiger partial charge is 0.326 e. The zero-order valence-corrected chi connectivity index (χ0v) is 14.0. The predicted molar refractivity (Wildman–Crippen MR) is 86.4 cm³/mol. The number of hydrogen-bond donors (Lipinski definition) is 0. The molecule has 1 aromatic carbocycles. The van der Waals surface area contributed by atoms with Crippen molar-refractivity contribution in [2.75, 3.05) is 20.6 Å². The van der Waals surface area contributed by atoms with Crippen LogP contribution >= 0.6 is 11.6 Å². The van der Waals surface area contributed by atoms with Gasteiger partial charge in [-0.05, 0) is 45.1 Å². The summed E-state index contributed by atoms with van der Waals surface area (Å²) in [5, 5.41) is 5.09. The Labute approximate surface area is 135 Å². The summed E-state index contributed by atoms with van der Waals surface area (Å²) >= 11 is 6.15. The Morgan fingerprint density at radius 2 is 2.05 bits per heavy atom. The lowest BCUT2D eigenvalue weighted by Crippen LogP contribution is -2.26. The van der Waals surface area contributed by atoms with Crippen molar-refractivity contribution in [3.8, 4) is 5.88 Å². The summed E-state index contributed by atoms with van der Waals surface area (Å²) in [6, 6.07) is 7.61. The number of aryl methyl sites for hydroxylation is 2. The maximum Gasteiger partial charge on any atom is 0.326 e. The highest BCUT2D eigenvalue weighted by Gasteiger charge is 2.13. The number of carbonyl (C=O) groups is 1. The van der Waals surface area contributed by atoms with Crippen molar-refractivity contribution in [3.63, 3.8) is 0 Å². The number of nitrogens with zero attached hydrogens (tertiary/aromatic N) is 3. The fraction of sp³-hybridized carbons (Fsp3) is 0.375. The number of esters is 1. The first-order valence-electron chi connectivity index (χ1n) is 7.00. The molecule has 6 heteroatoms. The highest BCUT2D eigenvalue weighted by Crippen LogP contribution is 2.20. The Balaban J connectivity index is 2.17. The van der Waals surface area contributed by atoms with Gasteiger partial charge in [0.25, 0.3) is 0 Å². The third-order valence-corrected chi connectivity index (χ3v) is 3.50. The third kappa shape index (κ3) is 4.32. The molecule has 0 unspecified atom stereocenters. The maximum absolute atomic E-state index is 11.8. The second kappa shape index (κ2) is 6.94. The van der Waals surface area contributed by atoms with Crippen LogP contribution in [0.3, 0.4) is 0 Å². The van der Waals surface area contributed by atoms with E-state index in [1.54, 1.807) is 15.6 Å². The van der Waals surface area contributed by atoms with Crippen LogP contribution < -0.4 is 4.74 Å². The Kier molecular flexibility index (Phi) is 5.21. The molecule has 0 bridgehead atoms. The molecule has 1 aromatic heterocycles. The van der Waals surface area contributed by atoms with Gasteiger partial charge in [-0.2, -0.15) is 5.10 Å². The van der Waals surface area contributed by atoms with Crippen molar-refractivity contribution < 1.29 is 9.53 Å². The summed E-state index contributed by atoms with van der Waals surface area (Å²) in [5.41, 5.74) is 2.83. The molecule has 0 radical (unpaired) electrons. The minimum Gasteiger partial charge on any atom is -0.407 e. The third-order valence-electron chi connectivity index (χ3n) is 3.10. The van der Waals surface area contributed by atoms with E-state index in [0.29, 0.717) is 17.4 Å². The molecule has 2 rings (SSSR count). The van der Waals surface area contributed by atoms with Crippen LogP contribution in [-0.2, 0) is 11.3 Å². The quantitative estimate of drug-likeness (QED) is 0.794. The van der Waals surface area contributed by atoms with Gasteiger partial charge in [0.1, 0.15) is 0 Å². The molecule has 0 aliphatic rings. The van der Waals surface area contributed by atoms with Gasteiger partial charge in [0.05, 0.1) is 18.8 Å². The molecule has 0 saturated heterocycles. The maximum atomic E-state index is 11.8. The normalized spacial score (nSPS) is 11.0. The van der Waals surface area contributed by atoms with Crippen molar-refractivity contribution >= 4 is 17.6 Å². The lowest BCUT2D eigenvalue weighted by atomic mass is 10.1. The Morgan fingerprint density at radius 1 is 1.32 bits per heavy atom. The van der Waals surface area contributed by atoms with E-state index in [4.69, 9.17) is 16.3 Å². The van der Waals surface area contributed by atoms with Crippen LogP contribution in [0.4, 0.5) is 0 Å². The molecule has 0 spiro atoms. The van der Waals surface area contributed by atoms with Crippen molar-refractivity contribution in [2.45, 2.75) is 20.4 Å². The van der Waals surface area contributed by atoms with Gasteiger partial charge in [0.2, 0.25) is 5.88 Å². The fourth-order valence-corrected chi connectivity index (χ4v) is 2.24. The van der Waals surface area contributed by atoms with E-state index in [2.05, 4.69) is 5.10 Å². The molecule has 0 fully saturated rings. The minimum absolute atomic E-state index is 0.223. The number of ether oxygens (including phenoxy) is 1. The summed E-state index contributed by atoms with van der Waals surface area (Å²) < 4.78 is 7.06. The highest BCUT2D eigenvalue weighted by atomic mass is 35.5. The van der Waals surface area contributed by atoms with E-state index < -0.39 is 0 Å². The number of likely N-dealkylation sites (N-methyl/N-ethyl adjacent to an activating group) is 1. The summed E-state index contributed by atoms with van der Waals surface area (Å²) in [6.45, 7) is 4.54. The Bertz CT molecular complexity index is 680. The number of carbonyl (C=O) groups excluding carboxylic acids is 1. The number of halogens is 1. The van der Waals surface area contributed by atoms with E-state index in [-0.39, 0.29) is 12.5 Å². The van der Waals surface area contributed by atoms with Crippen LogP contribution in [0.1, 0.15) is 16.8 Å². The van der Waals surface area contributed by atoms with E-state index >= 15 is 0 Å². The number of aromatic nitrogens is 2. The van der Waals surface area contributed by atoms with Crippen molar-refractivity contribution in [1.82, 2.24) is 14.7 Å². The van der Waals surface area contributed by atoms with Gasteiger partial charge >= 0.3 is 5.97 Å². The first kappa shape index (κ1) is 16.5. The standard InChI is InChI=1S/C16H20ClN3O2/c1-11-5-6-13(8-14(11)17)9-20-15(7-12(2)18-20)22-16(21)10-19(3)4/h5-8H,9-10H2,1-4H3. The predicted octanol–water partition coefficient (Wildman–Crippen LogP) is 2.67. The molecule has 0 aliphatic carbocycles. The molecule has 1 heterocycles. The molecule has 0 aliphatic heterocycles. The average molecular weight is 322 g/mol. The molecule has 118 valence electrons. The second-order valence-corrected chi connectivity index (χ2v) is 5.98. The van der Waals surface area contributed by atoms with Gasteiger partial charge in [-0.15, -0.1) is 0 Å². The van der Waals surface area contributed by atoms with Crippen molar-refractivity contribution in [2.24, 2.45) is 0 Å². The lowest BCUT2D eigenvalue weighted by molar-refractivity contribution is -0.135. The van der Waals surface area contributed by atoms with Crippen LogP contribution in [-0.4, -0.2) is 41.3 Å². The number of benzene rings is 1. The molecule has 0 atom stereocenters. The molecular formula is C16H20ClN3O2. The van der Waals surface area contributed by atoms with Crippen LogP contribution in [0.15, 0.2) is 24.3 Å². The molecule has 2 aromatic rings. The molecule has 5 nitrogen and oxygen atoms in total. The monoisotopic (exact) mass is 321 g/mol. The number of hydrogen-bond acceptors (Lipinski definition) is 4. The second-order valence-electron chi connectivity index (χ2n) is 5.58. The van der Waals surface area contributed by atoms with E-state index in [1.807, 2.05) is 46.1 Å². The van der Waals surface area contributed by atoms with Gasteiger partial charge in [0.15, 0.2) is 0 Å². The van der Waals surface area contributed by atoms with E-state index in [1.165, 1.54) is 0 Å². The zero-order valence-electron chi connectivity index (χ0n) is 13.3. The van der Waals surface area contributed by atoms with Crippen molar-refractivity contribution in [3.05, 3.63) is 46.1 Å². The highest BCUT2D eigenvalue weighted by molar-refractivity contribution is 6.31. The topological polar surface area (TPSA) is 47.4 Å². The van der Waals surface area contributed by atoms with Gasteiger partial charge in [-0.3, -0.25) is 9.69 Å². The summed E-state index contributed by atoms with van der Waals surface area (Å²) in [7, 11) is 3.64. The van der Waals surface area contributed by atoms with Gasteiger partial charge in [0, 0.05) is 11.1 Å². The van der Waals surface area contributed by atoms with Gasteiger partial charge < -0.3 is 4.74 Å². The van der Waals surface area contributed by atoms with E-state index in [0.717, 1.165) is 16.8 Å². The molecule has 0 amide bonds. The summed E-state index contributed by atoms with van der Waals surface area (Å²) in [6.07, 6.45) is 0. The van der Waals surface area contributed by atoms with E-state index in [9.17, 15) is 4.79 Å². The Hall–Kier alpha value is -1.85. The van der Waals surface area contributed by atoms with Crippen LogP contribution in [0.2, 0.25) is 5.02 Å². The van der Waals surface area contributed by atoms with Crippen LogP contribution in [0.5, 0.6) is 5.88 Å². The Morgan fingerprint density at radius 3 is 2.68 bits per heavy atom. The molecule has 0 N–H and O–H groups in total. The SMILES string of the molecule is Cc1cc(OC(=O)CN(C)C)n(Cc2ccc(C)c(Cl)c2)n1. The minimum atomic E-state index is -0.312. The van der Waals surface area contributed by atoms with Gasteiger partial charge in [-0.1, -0.05) is 23.7 Å². The fourth-order valence-electron chi connectivity index (χ4n) is 2.03. The largest absolute Gasteiger partial charge is 0.407 e. The summed E-state index contributed by atoms with van der Waals surface area (Å²) in [4.78, 5) is 13.6. The lowest BCUT2D eigenvalue weighted by Gasteiger charge is -2.11. The van der Waals surface area contributed by atoms with Gasteiger partial charge in [-0.25, -0.2) is 4.68 Å². The molecule has 22 heavy (non-hydrogen) atoms. The molecule has 0 saturated carbocycles. The average Bonchev–Trinajstić information content (AvgIpc) is 2.73. The van der Waals surface area contributed by atoms with Crippen LogP contribution in [0, 0.1) is 13.8 Å². The molecular weight excluding hydrogens is 302 g/mol. The zero-order chi connectivity index (χ0) is 16.3. The first-order chi connectivity index (χ1) is 10.3. The number of rotatable bonds is 5. The first-order valence-corrected chi connectivity index (χ1v) is 7.38.